The molecule has 2 aliphatic heterocycles. The third-order valence-electron chi connectivity index (χ3n) is 15.8. The molecule has 1 amide bonds. The Bertz CT molecular complexity index is 1980. The third kappa shape index (κ3) is 16.2. The van der Waals surface area contributed by atoms with Gasteiger partial charge in [0.2, 0.25) is 0 Å². The van der Waals surface area contributed by atoms with Crippen molar-refractivity contribution in [2.45, 2.75) is 220 Å². The van der Waals surface area contributed by atoms with Crippen molar-refractivity contribution >= 4 is 35.1 Å². The van der Waals surface area contributed by atoms with Crippen molar-refractivity contribution in [3.05, 3.63) is 89.5 Å². The Kier molecular flexibility index (Phi) is 22.0. The van der Waals surface area contributed by atoms with Gasteiger partial charge in [-0.2, -0.15) is 0 Å². The standard InChI is InChI=1S/C60H95N2O7P/c1-13-54-60(10,66)41-48(7)62(42-46(5)40-59(9,65)55(33-32-47(6)58(64)69-54)68-57-39-50(61(11)12)38-49(8)67-57)56(63)31-20-18-16-14-15-17-19-21-34-70(51-28-22-25-43(2)35-51,52-29-23-26-44(3)36-52)53-30-24-27-45(4)37-53/h22-30,35-37,46-50,54-55,57,65-66,70H,13-21,31-34,38-42H2,1-12H3/t46-,47-,48-,49-,50+,54-,55-,57+,59-,60+/m1/s1. The second kappa shape index (κ2) is 26.7. The summed E-state index contributed by atoms with van der Waals surface area (Å²) < 4.78 is 19.0. The van der Waals surface area contributed by atoms with E-state index in [2.05, 4.69) is 126 Å². The van der Waals surface area contributed by atoms with E-state index in [0.717, 1.165) is 32.1 Å². The Morgan fingerprint density at radius 1 is 0.757 bits per heavy atom. The zero-order valence-electron chi connectivity index (χ0n) is 45.6. The molecule has 2 saturated heterocycles. The molecule has 3 aromatic rings. The molecule has 10 heteroatoms. The number of carbonyl (C=O) groups excluding carboxylic acids is 2. The molecule has 10 atom stereocenters. The summed E-state index contributed by atoms with van der Waals surface area (Å²) in [5.74, 6) is -0.842. The van der Waals surface area contributed by atoms with Gasteiger partial charge in [-0.25, -0.2) is 0 Å². The van der Waals surface area contributed by atoms with Crippen LogP contribution in [-0.4, -0.2) is 107 Å². The van der Waals surface area contributed by atoms with Crippen LogP contribution in [0.4, 0.5) is 0 Å². The van der Waals surface area contributed by atoms with E-state index in [-0.39, 0.29) is 42.4 Å². The monoisotopic (exact) mass is 987 g/mol. The van der Waals surface area contributed by atoms with Crippen LogP contribution in [0, 0.1) is 32.6 Å². The fourth-order valence-electron chi connectivity index (χ4n) is 11.9. The SMILES string of the molecule is CC[C@H]1OC(=O)[C@H](C)CC[C@@H](O[C@H]2C[C@@H](N(C)C)C[C@@H](C)O2)[C@](C)(O)C[C@@H](C)CN(C(=O)CCCCCCCCCC[PH](c2cccc(C)c2)(c2cccc(C)c2)c2cccc(C)c2)[C@H](C)C[C@]1(C)O. The van der Waals surface area contributed by atoms with Gasteiger partial charge in [-0.1, -0.05) is 20.8 Å². The summed E-state index contributed by atoms with van der Waals surface area (Å²) in [5, 5.41) is 28.7. The quantitative estimate of drug-likeness (QED) is 0.0737. The minimum Gasteiger partial charge on any atom is -0.386 e. The summed E-state index contributed by atoms with van der Waals surface area (Å²) in [6.07, 6.45) is 12.2. The van der Waals surface area contributed by atoms with E-state index in [1.54, 1.807) is 6.92 Å². The number of unbranched alkanes of at least 4 members (excludes halogenated alkanes) is 7. The molecule has 9 nitrogen and oxygen atoms in total. The van der Waals surface area contributed by atoms with Crippen molar-refractivity contribution in [3.63, 3.8) is 0 Å². The normalized spacial score (nSPS) is 29.0. The van der Waals surface area contributed by atoms with Crippen LogP contribution in [0.15, 0.2) is 72.8 Å². The predicted molar refractivity (Wildman–Crippen MR) is 292 cm³/mol. The first-order chi connectivity index (χ1) is 33.1. The minimum absolute atomic E-state index is 0.00796. The number of benzene rings is 3. The van der Waals surface area contributed by atoms with E-state index >= 15 is 0 Å². The second-order valence-corrected chi connectivity index (χ2v) is 26.9. The topological polar surface area (TPSA) is 109 Å². The zero-order chi connectivity index (χ0) is 51.2. The Labute approximate surface area is 425 Å². The van der Waals surface area contributed by atoms with Crippen LogP contribution in [0.5, 0.6) is 0 Å². The molecule has 2 aliphatic rings. The molecular formula is C60H95N2O7P. The third-order valence-corrected chi connectivity index (χ3v) is 20.8. The van der Waals surface area contributed by atoms with E-state index in [9.17, 15) is 19.8 Å². The van der Waals surface area contributed by atoms with Gasteiger partial charge in [-0.05, 0) is 86.2 Å². The molecule has 5 rings (SSSR count). The van der Waals surface area contributed by atoms with Gasteiger partial charge < -0.3 is 29.3 Å². The van der Waals surface area contributed by atoms with E-state index in [1.165, 1.54) is 64.4 Å². The van der Waals surface area contributed by atoms with Crippen LogP contribution in [0.25, 0.3) is 0 Å². The summed E-state index contributed by atoms with van der Waals surface area (Å²) in [7, 11) is 1.85. The van der Waals surface area contributed by atoms with Crippen molar-refractivity contribution in [3.8, 4) is 0 Å². The molecule has 2 N–H and O–H groups in total. The maximum atomic E-state index is 14.3. The van der Waals surface area contributed by atoms with Gasteiger partial charge in [0.25, 0.3) is 0 Å². The molecule has 70 heavy (non-hydrogen) atoms. The van der Waals surface area contributed by atoms with E-state index in [1.807, 2.05) is 32.6 Å². The number of ether oxygens (including phenoxy) is 3. The summed E-state index contributed by atoms with van der Waals surface area (Å²) in [5.41, 5.74) is 1.34. The fourth-order valence-corrected chi connectivity index (χ4v) is 17.1. The number of rotatable bonds is 18. The number of aryl methyl sites for hydroxylation is 3. The van der Waals surface area contributed by atoms with Gasteiger partial charge in [-0.15, -0.1) is 0 Å². The summed E-state index contributed by atoms with van der Waals surface area (Å²) >= 11 is 0. The Morgan fingerprint density at radius 2 is 1.29 bits per heavy atom. The number of amides is 1. The molecule has 2 heterocycles. The largest absolute Gasteiger partial charge is 0.386 e. The number of hydrogen-bond acceptors (Lipinski definition) is 8. The molecule has 0 unspecified atom stereocenters. The Hall–Kier alpha value is -3.17. The average Bonchev–Trinajstić information content (AvgIpc) is 3.29. The molecule has 0 bridgehead atoms. The Morgan fingerprint density at radius 3 is 1.80 bits per heavy atom. The van der Waals surface area contributed by atoms with Gasteiger partial charge in [0.05, 0.1) is 23.7 Å². The molecule has 0 saturated carbocycles. The summed E-state index contributed by atoms with van der Waals surface area (Å²) in [6.45, 7) is 20.6. The van der Waals surface area contributed by atoms with E-state index in [0.29, 0.717) is 45.1 Å². The summed E-state index contributed by atoms with van der Waals surface area (Å²) in [6, 6.07) is 27.8. The van der Waals surface area contributed by atoms with E-state index < -0.39 is 42.9 Å². The van der Waals surface area contributed by atoms with Crippen LogP contribution >= 0.6 is 7.26 Å². The number of esters is 1. The molecule has 3 aromatic carbocycles. The summed E-state index contributed by atoms with van der Waals surface area (Å²) in [4.78, 5) is 32.0. The molecule has 0 radical (unpaired) electrons. The number of cyclic esters (lactones) is 1. The fraction of sp³-hybridized carbons (Fsp3) is 0.667. The van der Waals surface area contributed by atoms with Gasteiger partial charge in [0, 0.05) is 25.0 Å². The number of aliphatic hydroxyl groups is 2. The van der Waals surface area contributed by atoms with Crippen molar-refractivity contribution in [2.75, 3.05) is 26.8 Å². The van der Waals surface area contributed by atoms with Crippen molar-refractivity contribution < 1.29 is 34.0 Å². The predicted octanol–water partition coefficient (Wildman–Crippen LogP) is 10.9. The van der Waals surface area contributed by atoms with Gasteiger partial charge in [-0.3, -0.25) is 4.79 Å². The number of carbonyl (C=O) groups is 2. The van der Waals surface area contributed by atoms with Gasteiger partial charge in [0.1, 0.15) is 11.7 Å². The van der Waals surface area contributed by atoms with E-state index in [4.69, 9.17) is 14.2 Å². The van der Waals surface area contributed by atoms with Crippen LogP contribution in [-0.2, 0) is 23.8 Å². The van der Waals surface area contributed by atoms with Crippen molar-refractivity contribution in [1.82, 2.24) is 9.80 Å². The van der Waals surface area contributed by atoms with Gasteiger partial charge in [0.15, 0.2) is 6.29 Å². The zero-order valence-corrected chi connectivity index (χ0v) is 46.6. The van der Waals surface area contributed by atoms with Crippen LogP contribution in [0.3, 0.4) is 0 Å². The second-order valence-electron chi connectivity index (χ2n) is 22.9. The smallest absolute Gasteiger partial charge is 0.101 e. The Balaban J connectivity index is 1.20. The van der Waals surface area contributed by atoms with Crippen LogP contribution in [0.1, 0.15) is 168 Å². The minimum atomic E-state index is -2.30. The van der Waals surface area contributed by atoms with Crippen molar-refractivity contribution in [2.24, 2.45) is 11.8 Å². The van der Waals surface area contributed by atoms with Crippen LogP contribution < -0.4 is 15.9 Å². The van der Waals surface area contributed by atoms with Crippen molar-refractivity contribution in [1.29, 1.82) is 0 Å². The first kappa shape index (κ1) is 57.7. The maximum absolute atomic E-state index is 14.3. The number of nitrogens with zero attached hydrogens (tertiary/aromatic N) is 2. The van der Waals surface area contributed by atoms with Crippen LogP contribution in [0.2, 0.25) is 0 Å². The first-order valence-corrected chi connectivity index (χ1v) is 29.5. The molecule has 392 valence electrons. The molecule has 0 aliphatic carbocycles. The van der Waals surface area contributed by atoms with Gasteiger partial charge >= 0.3 is 219 Å². The molecule has 0 aromatic heterocycles. The molecule has 0 spiro atoms. The first-order valence-electron chi connectivity index (χ1n) is 27.3. The molecule has 2 fully saturated rings. The average molecular weight is 987 g/mol. The maximum Gasteiger partial charge on any atom is 0.101 e. The number of hydrogen-bond donors (Lipinski definition) is 2. The molecular weight excluding hydrogens is 892 g/mol.